The van der Waals surface area contributed by atoms with Crippen LogP contribution in [0.2, 0.25) is 0 Å². The molecule has 0 nitrogen and oxygen atoms in total. The van der Waals surface area contributed by atoms with Crippen LogP contribution in [0.25, 0.3) is 0 Å². The third-order valence-electron chi connectivity index (χ3n) is 3.22. The first kappa shape index (κ1) is 11.5. The molecule has 0 heterocycles. The van der Waals surface area contributed by atoms with Crippen LogP contribution in [0, 0.1) is 5.92 Å². The molecule has 0 bridgehead atoms. The van der Waals surface area contributed by atoms with Gasteiger partial charge >= 0.3 is 0 Å². The minimum Gasteiger partial charge on any atom is -0.117 e. The molecule has 0 aliphatic heterocycles. The summed E-state index contributed by atoms with van der Waals surface area (Å²) in [4.78, 5) is 0. The van der Waals surface area contributed by atoms with Crippen molar-refractivity contribution >= 4 is 11.6 Å². The number of alkyl halides is 1. The average Bonchev–Trinajstić information content (AvgIpc) is 2.97. The van der Waals surface area contributed by atoms with Crippen LogP contribution in [0.4, 0.5) is 0 Å². The topological polar surface area (TPSA) is 0 Å². The van der Waals surface area contributed by atoms with Gasteiger partial charge in [0.25, 0.3) is 0 Å². The molecule has 16 heavy (non-hydrogen) atoms. The van der Waals surface area contributed by atoms with Crippen molar-refractivity contribution in [3.63, 3.8) is 0 Å². The molecule has 0 N–H and O–H groups in total. The Morgan fingerprint density at radius 3 is 2.94 bits per heavy atom. The zero-order valence-electron chi connectivity index (χ0n) is 9.62. The van der Waals surface area contributed by atoms with Gasteiger partial charge in [-0.25, -0.2) is 0 Å². The summed E-state index contributed by atoms with van der Waals surface area (Å²) in [6.45, 7) is 5.96. The van der Waals surface area contributed by atoms with E-state index in [4.69, 9.17) is 11.6 Å². The summed E-state index contributed by atoms with van der Waals surface area (Å²) in [5.41, 5.74) is 3.97. The maximum absolute atomic E-state index is 6.51. The van der Waals surface area contributed by atoms with Crippen molar-refractivity contribution in [3.8, 4) is 0 Å². The normalized spacial score (nSPS) is 25.1. The van der Waals surface area contributed by atoms with Gasteiger partial charge in [-0.15, -0.1) is 11.6 Å². The highest BCUT2D eigenvalue weighted by Gasteiger charge is 2.23. The van der Waals surface area contributed by atoms with Crippen LogP contribution in [0.15, 0.2) is 59.8 Å². The van der Waals surface area contributed by atoms with E-state index in [0.29, 0.717) is 5.92 Å². The predicted molar refractivity (Wildman–Crippen MR) is 71.6 cm³/mol. The van der Waals surface area contributed by atoms with Crippen molar-refractivity contribution in [3.05, 3.63) is 59.8 Å². The van der Waals surface area contributed by atoms with Crippen molar-refractivity contribution in [2.45, 2.75) is 25.1 Å². The standard InChI is InChI=1S/C15H17Cl/c1-3-11-5-7-13(9-11)15(16)14-8-6-12(4-2)10-14/h3,5-8,10,14-15H,1,4,9H2,2H3. The first-order valence-electron chi connectivity index (χ1n) is 5.79. The Bertz CT molecular complexity index is 407. The lowest BCUT2D eigenvalue weighted by Gasteiger charge is -2.15. The Hall–Kier alpha value is -1.01. The van der Waals surface area contributed by atoms with Gasteiger partial charge in [-0.2, -0.15) is 0 Å². The number of allylic oxidation sites excluding steroid dienone is 9. The van der Waals surface area contributed by atoms with Crippen LogP contribution in [0.5, 0.6) is 0 Å². The highest BCUT2D eigenvalue weighted by Crippen LogP contribution is 2.33. The van der Waals surface area contributed by atoms with Crippen molar-refractivity contribution in [1.82, 2.24) is 0 Å². The number of hydrogen-bond acceptors (Lipinski definition) is 0. The molecule has 84 valence electrons. The van der Waals surface area contributed by atoms with E-state index in [2.05, 4.69) is 43.9 Å². The van der Waals surface area contributed by atoms with E-state index in [1.54, 1.807) is 0 Å². The molecule has 2 aliphatic carbocycles. The molecule has 0 saturated heterocycles. The Balaban J connectivity index is 2.01. The third kappa shape index (κ3) is 2.22. The maximum atomic E-state index is 6.51. The lowest BCUT2D eigenvalue weighted by Crippen LogP contribution is -2.11. The molecule has 2 atom stereocenters. The van der Waals surface area contributed by atoms with E-state index in [0.717, 1.165) is 12.8 Å². The Kier molecular flexibility index (Phi) is 3.50. The minimum atomic E-state index is 0.0917. The van der Waals surface area contributed by atoms with E-state index in [-0.39, 0.29) is 5.38 Å². The van der Waals surface area contributed by atoms with Crippen molar-refractivity contribution in [1.29, 1.82) is 0 Å². The first-order chi connectivity index (χ1) is 7.74. The molecule has 0 saturated carbocycles. The lowest BCUT2D eigenvalue weighted by atomic mass is 9.97. The second-order valence-corrected chi connectivity index (χ2v) is 4.77. The Morgan fingerprint density at radius 1 is 1.56 bits per heavy atom. The largest absolute Gasteiger partial charge is 0.117 e. The maximum Gasteiger partial charge on any atom is 0.0649 e. The van der Waals surface area contributed by atoms with Gasteiger partial charge in [0, 0.05) is 5.92 Å². The second kappa shape index (κ2) is 4.88. The lowest BCUT2D eigenvalue weighted by molar-refractivity contribution is 0.796. The molecule has 1 heteroatoms. The molecule has 2 rings (SSSR count). The van der Waals surface area contributed by atoms with Crippen LogP contribution >= 0.6 is 11.6 Å². The minimum absolute atomic E-state index is 0.0917. The monoisotopic (exact) mass is 232 g/mol. The van der Waals surface area contributed by atoms with Crippen molar-refractivity contribution < 1.29 is 0 Å². The molecule has 0 spiro atoms. The van der Waals surface area contributed by atoms with Gasteiger partial charge in [0.1, 0.15) is 0 Å². The number of hydrogen-bond donors (Lipinski definition) is 0. The van der Waals surface area contributed by atoms with Crippen LogP contribution in [0.3, 0.4) is 0 Å². The van der Waals surface area contributed by atoms with Crippen LogP contribution in [0.1, 0.15) is 19.8 Å². The average molecular weight is 233 g/mol. The zero-order chi connectivity index (χ0) is 11.5. The van der Waals surface area contributed by atoms with E-state index in [9.17, 15) is 0 Å². The fourth-order valence-corrected chi connectivity index (χ4v) is 2.46. The molecular weight excluding hydrogens is 216 g/mol. The van der Waals surface area contributed by atoms with Gasteiger partial charge in [-0.05, 0) is 24.0 Å². The van der Waals surface area contributed by atoms with E-state index < -0.39 is 0 Å². The van der Waals surface area contributed by atoms with Gasteiger partial charge in [0.05, 0.1) is 5.38 Å². The zero-order valence-corrected chi connectivity index (χ0v) is 10.4. The molecule has 0 fully saturated rings. The van der Waals surface area contributed by atoms with Crippen LogP contribution in [-0.4, -0.2) is 5.38 Å². The summed E-state index contributed by atoms with van der Waals surface area (Å²) in [6, 6.07) is 0. The van der Waals surface area contributed by atoms with E-state index in [1.165, 1.54) is 16.7 Å². The molecule has 0 aromatic rings. The number of rotatable bonds is 4. The van der Waals surface area contributed by atoms with Crippen molar-refractivity contribution in [2.24, 2.45) is 5.92 Å². The molecule has 0 aromatic heterocycles. The van der Waals surface area contributed by atoms with Gasteiger partial charge in [-0.3, -0.25) is 0 Å². The molecule has 2 unspecified atom stereocenters. The summed E-state index contributed by atoms with van der Waals surface area (Å²) in [7, 11) is 0. The molecular formula is C15H17Cl. The molecule has 2 aliphatic rings. The Labute approximate surface area is 103 Å². The van der Waals surface area contributed by atoms with Crippen LogP contribution < -0.4 is 0 Å². The second-order valence-electron chi connectivity index (χ2n) is 4.30. The fourth-order valence-electron chi connectivity index (χ4n) is 2.16. The van der Waals surface area contributed by atoms with E-state index >= 15 is 0 Å². The summed E-state index contributed by atoms with van der Waals surface area (Å²) < 4.78 is 0. The highest BCUT2D eigenvalue weighted by atomic mass is 35.5. The van der Waals surface area contributed by atoms with Gasteiger partial charge in [0.2, 0.25) is 0 Å². The van der Waals surface area contributed by atoms with Crippen molar-refractivity contribution in [2.75, 3.05) is 0 Å². The fraction of sp³-hybridized carbons (Fsp3) is 0.333. The SMILES string of the molecule is C=CC1=CC=C(C(Cl)C2C=CC(CC)=C2)C1. The molecule has 0 radical (unpaired) electrons. The van der Waals surface area contributed by atoms with Gasteiger partial charge < -0.3 is 0 Å². The van der Waals surface area contributed by atoms with E-state index in [1.807, 2.05) is 6.08 Å². The quantitative estimate of drug-likeness (QED) is 0.624. The summed E-state index contributed by atoms with van der Waals surface area (Å²) in [5, 5.41) is 0.0917. The van der Waals surface area contributed by atoms with Gasteiger partial charge in [0.15, 0.2) is 0 Å². The number of halogens is 1. The molecule has 0 amide bonds. The third-order valence-corrected chi connectivity index (χ3v) is 3.79. The Morgan fingerprint density at radius 2 is 2.38 bits per heavy atom. The smallest absolute Gasteiger partial charge is 0.0649 e. The van der Waals surface area contributed by atoms with Gasteiger partial charge in [-0.1, -0.05) is 55.5 Å². The predicted octanol–water partition coefficient (Wildman–Crippen LogP) is 4.56. The highest BCUT2D eigenvalue weighted by molar-refractivity contribution is 6.23. The summed E-state index contributed by atoms with van der Waals surface area (Å²) in [6.07, 6.45) is 14.9. The molecule has 0 aromatic carbocycles. The summed E-state index contributed by atoms with van der Waals surface area (Å²) >= 11 is 6.51. The van der Waals surface area contributed by atoms with Crippen LogP contribution in [-0.2, 0) is 0 Å². The first-order valence-corrected chi connectivity index (χ1v) is 6.23. The summed E-state index contributed by atoms with van der Waals surface area (Å²) in [5.74, 6) is 0.362.